The van der Waals surface area contributed by atoms with Gasteiger partial charge in [-0.25, -0.2) is 9.97 Å². The number of benzene rings is 2. The van der Waals surface area contributed by atoms with E-state index >= 15 is 0 Å². The Labute approximate surface area is 196 Å². The molecule has 3 aromatic rings. The van der Waals surface area contributed by atoms with Crippen molar-refractivity contribution in [1.29, 1.82) is 0 Å². The van der Waals surface area contributed by atoms with Gasteiger partial charge in [0, 0.05) is 36.1 Å². The summed E-state index contributed by atoms with van der Waals surface area (Å²) in [5, 5.41) is 6.25. The highest BCUT2D eigenvalue weighted by molar-refractivity contribution is 6.04. The van der Waals surface area contributed by atoms with Crippen LogP contribution >= 0.6 is 0 Å². The zero-order chi connectivity index (χ0) is 23.6. The van der Waals surface area contributed by atoms with Crippen molar-refractivity contribution in [2.75, 3.05) is 35.2 Å². The van der Waals surface area contributed by atoms with E-state index in [1.807, 2.05) is 49.4 Å². The number of aromatic nitrogens is 2. The molecular formula is C26H33N5O2. The predicted molar refractivity (Wildman–Crippen MR) is 135 cm³/mol. The Balaban J connectivity index is 1.61. The fourth-order valence-electron chi connectivity index (χ4n) is 3.35. The molecule has 7 nitrogen and oxygen atoms in total. The zero-order valence-corrected chi connectivity index (χ0v) is 19.9. The molecule has 3 rings (SSSR count). The van der Waals surface area contributed by atoms with Gasteiger partial charge >= 0.3 is 0 Å². The Kier molecular flexibility index (Phi) is 8.63. The van der Waals surface area contributed by atoms with E-state index in [1.165, 1.54) is 0 Å². The highest BCUT2D eigenvalue weighted by Crippen LogP contribution is 2.22. The lowest BCUT2D eigenvalue weighted by atomic mass is 10.2. The molecule has 1 heterocycles. The molecule has 1 amide bonds. The minimum Gasteiger partial charge on any atom is -0.494 e. The summed E-state index contributed by atoms with van der Waals surface area (Å²) >= 11 is 0. The molecule has 174 valence electrons. The molecule has 2 N–H and O–H groups in total. The van der Waals surface area contributed by atoms with Crippen LogP contribution < -0.4 is 20.3 Å². The molecule has 0 bridgehead atoms. The summed E-state index contributed by atoms with van der Waals surface area (Å²) in [5.74, 6) is 2.97. The van der Waals surface area contributed by atoms with E-state index in [0.717, 1.165) is 54.7 Å². The lowest BCUT2D eigenvalue weighted by Gasteiger charge is -2.20. The fourth-order valence-corrected chi connectivity index (χ4v) is 3.35. The minimum absolute atomic E-state index is 0.161. The molecule has 0 aliphatic carbocycles. The number of nitrogens with zero attached hydrogens (tertiary/aromatic N) is 3. The maximum atomic E-state index is 12.6. The largest absolute Gasteiger partial charge is 0.494 e. The van der Waals surface area contributed by atoms with E-state index in [9.17, 15) is 4.79 Å². The molecule has 2 aromatic carbocycles. The van der Waals surface area contributed by atoms with E-state index < -0.39 is 0 Å². The van der Waals surface area contributed by atoms with Gasteiger partial charge in [-0.05, 0) is 75.7 Å². The first kappa shape index (κ1) is 24.0. The molecule has 33 heavy (non-hydrogen) atoms. The second-order valence-electron chi connectivity index (χ2n) is 7.71. The van der Waals surface area contributed by atoms with Crippen LogP contribution in [0.15, 0.2) is 54.6 Å². The number of hydrogen-bond donors (Lipinski definition) is 2. The number of rotatable bonds is 11. The third-order valence-electron chi connectivity index (χ3n) is 5.21. The van der Waals surface area contributed by atoms with Crippen LogP contribution in [0.5, 0.6) is 5.75 Å². The fraction of sp³-hybridized carbons (Fsp3) is 0.346. The number of unbranched alkanes of at least 4 members (excludes halogenated alkanes) is 1. The molecule has 0 aliphatic rings. The van der Waals surface area contributed by atoms with E-state index in [0.29, 0.717) is 18.0 Å². The zero-order valence-electron chi connectivity index (χ0n) is 19.9. The van der Waals surface area contributed by atoms with Crippen molar-refractivity contribution < 1.29 is 9.53 Å². The average Bonchev–Trinajstić information content (AvgIpc) is 2.81. The number of aryl methyl sites for hydroxylation is 1. The molecule has 0 aliphatic heterocycles. The maximum absolute atomic E-state index is 12.6. The molecule has 0 saturated carbocycles. The number of amides is 1. The van der Waals surface area contributed by atoms with Crippen LogP contribution in [-0.2, 0) is 0 Å². The first-order valence-corrected chi connectivity index (χ1v) is 11.5. The molecule has 0 atom stereocenters. The number of anilines is 4. The van der Waals surface area contributed by atoms with Crippen molar-refractivity contribution >= 4 is 28.9 Å². The van der Waals surface area contributed by atoms with Gasteiger partial charge in [0.25, 0.3) is 5.91 Å². The summed E-state index contributed by atoms with van der Waals surface area (Å²) in [4.78, 5) is 23.8. The number of hydrogen-bond acceptors (Lipinski definition) is 6. The number of carbonyl (C=O) groups excluding carboxylic acids is 1. The highest BCUT2D eigenvalue weighted by atomic mass is 16.5. The molecule has 0 spiro atoms. The average molecular weight is 448 g/mol. The van der Waals surface area contributed by atoms with Crippen LogP contribution in [0.2, 0.25) is 0 Å². The molecule has 7 heteroatoms. The van der Waals surface area contributed by atoms with Gasteiger partial charge in [0.2, 0.25) is 0 Å². The first-order valence-electron chi connectivity index (χ1n) is 11.5. The quantitative estimate of drug-likeness (QED) is 0.361. The molecule has 1 aromatic heterocycles. The van der Waals surface area contributed by atoms with Crippen molar-refractivity contribution in [3.05, 3.63) is 66.0 Å². The standard InChI is InChI=1S/C26H33N5O2/c1-5-8-17-33-23-15-9-20(10-16-23)26(32)30-22-13-11-21(12-14-22)29-24-18-25(28-19(4)27-24)31(6-2)7-3/h9-16,18H,5-8,17H2,1-4H3,(H,30,32)(H,27,28,29). The van der Waals surface area contributed by atoms with Crippen LogP contribution in [-0.4, -0.2) is 35.6 Å². The van der Waals surface area contributed by atoms with Gasteiger partial charge in [0.1, 0.15) is 23.2 Å². The molecular weight excluding hydrogens is 414 g/mol. The van der Waals surface area contributed by atoms with Crippen LogP contribution in [0.4, 0.5) is 23.0 Å². The van der Waals surface area contributed by atoms with E-state index in [2.05, 4.69) is 46.3 Å². The maximum Gasteiger partial charge on any atom is 0.255 e. The summed E-state index contributed by atoms with van der Waals surface area (Å²) < 4.78 is 5.65. The number of ether oxygens (including phenoxy) is 1. The predicted octanol–water partition coefficient (Wildman–Crippen LogP) is 5.81. The Morgan fingerprint density at radius 3 is 2.24 bits per heavy atom. The Hall–Kier alpha value is -3.61. The lowest BCUT2D eigenvalue weighted by molar-refractivity contribution is 0.102. The topological polar surface area (TPSA) is 79.4 Å². The van der Waals surface area contributed by atoms with Gasteiger partial charge < -0.3 is 20.3 Å². The van der Waals surface area contributed by atoms with E-state index in [1.54, 1.807) is 12.1 Å². The van der Waals surface area contributed by atoms with Crippen molar-refractivity contribution in [2.24, 2.45) is 0 Å². The Morgan fingerprint density at radius 2 is 1.61 bits per heavy atom. The SMILES string of the molecule is CCCCOc1ccc(C(=O)Nc2ccc(Nc3cc(N(CC)CC)nc(C)n3)cc2)cc1. The van der Waals surface area contributed by atoms with Crippen LogP contribution in [0.25, 0.3) is 0 Å². The van der Waals surface area contributed by atoms with Crippen molar-refractivity contribution in [1.82, 2.24) is 9.97 Å². The van der Waals surface area contributed by atoms with Gasteiger partial charge in [-0.2, -0.15) is 0 Å². The van der Waals surface area contributed by atoms with Gasteiger partial charge in [0.15, 0.2) is 0 Å². The van der Waals surface area contributed by atoms with Crippen LogP contribution in [0, 0.1) is 6.92 Å². The van der Waals surface area contributed by atoms with Crippen LogP contribution in [0.1, 0.15) is 49.8 Å². The van der Waals surface area contributed by atoms with Crippen molar-refractivity contribution in [3.63, 3.8) is 0 Å². The second-order valence-corrected chi connectivity index (χ2v) is 7.71. The second kappa shape index (κ2) is 11.9. The summed E-state index contributed by atoms with van der Waals surface area (Å²) in [5.41, 5.74) is 2.18. The van der Waals surface area contributed by atoms with Gasteiger partial charge in [-0.1, -0.05) is 13.3 Å². The normalized spacial score (nSPS) is 10.5. The summed E-state index contributed by atoms with van der Waals surface area (Å²) in [6, 6.07) is 16.7. The third kappa shape index (κ3) is 6.94. The number of carbonyl (C=O) groups is 1. The summed E-state index contributed by atoms with van der Waals surface area (Å²) in [6.07, 6.45) is 2.10. The highest BCUT2D eigenvalue weighted by Gasteiger charge is 2.09. The van der Waals surface area contributed by atoms with Crippen molar-refractivity contribution in [3.8, 4) is 5.75 Å². The van der Waals surface area contributed by atoms with Gasteiger partial charge in [-0.15, -0.1) is 0 Å². The Morgan fingerprint density at radius 1 is 0.939 bits per heavy atom. The smallest absolute Gasteiger partial charge is 0.255 e. The number of nitrogens with one attached hydrogen (secondary N) is 2. The van der Waals surface area contributed by atoms with E-state index in [4.69, 9.17) is 4.74 Å². The molecule has 0 unspecified atom stereocenters. The third-order valence-corrected chi connectivity index (χ3v) is 5.21. The lowest BCUT2D eigenvalue weighted by Crippen LogP contribution is -2.23. The van der Waals surface area contributed by atoms with Crippen LogP contribution in [0.3, 0.4) is 0 Å². The van der Waals surface area contributed by atoms with E-state index in [-0.39, 0.29) is 5.91 Å². The Bertz CT molecular complexity index is 1030. The molecule has 0 radical (unpaired) electrons. The first-order chi connectivity index (χ1) is 16.0. The summed E-state index contributed by atoms with van der Waals surface area (Å²) in [6.45, 7) is 10.7. The summed E-state index contributed by atoms with van der Waals surface area (Å²) in [7, 11) is 0. The monoisotopic (exact) mass is 447 g/mol. The minimum atomic E-state index is -0.161. The van der Waals surface area contributed by atoms with Gasteiger partial charge in [0.05, 0.1) is 6.61 Å². The molecule has 0 saturated heterocycles. The van der Waals surface area contributed by atoms with Crippen molar-refractivity contribution in [2.45, 2.75) is 40.5 Å². The van der Waals surface area contributed by atoms with Gasteiger partial charge in [-0.3, -0.25) is 4.79 Å². The molecule has 0 fully saturated rings.